The lowest BCUT2D eigenvalue weighted by atomic mass is 10.1. The van der Waals surface area contributed by atoms with Gasteiger partial charge in [-0.05, 0) is 67.8 Å². The van der Waals surface area contributed by atoms with E-state index in [1.54, 1.807) is 23.1 Å². The van der Waals surface area contributed by atoms with Crippen molar-refractivity contribution in [3.63, 3.8) is 0 Å². The molecule has 3 aromatic rings. The molecule has 3 aromatic carbocycles. The zero-order valence-electron chi connectivity index (χ0n) is 20.6. The third-order valence-corrected chi connectivity index (χ3v) is 8.60. The smallest absolute Gasteiger partial charge is 0.265 e. The van der Waals surface area contributed by atoms with Gasteiger partial charge in [0.05, 0.1) is 17.1 Å². The summed E-state index contributed by atoms with van der Waals surface area (Å²) in [5.74, 6) is 0.0223. The fourth-order valence-electron chi connectivity index (χ4n) is 4.57. The minimum atomic E-state index is -3.56. The second-order valence-corrected chi connectivity index (χ2v) is 11.3. The number of benzene rings is 3. The van der Waals surface area contributed by atoms with Gasteiger partial charge in [0.1, 0.15) is 5.75 Å². The number of sulfonamides is 1. The maximum Gasteiger partial charge on any atom is 0.265 e. The lowest BCUT2D eigenvalue weighted by Gasteiger charge is -2.30. The number of carbonyl (C=O) groups is 2. The Labute approximate surface area is 216 Å². The Bertz CT molecular complexity index is 1410. The van der Waals surface area contributed by atoms with Gasteiger partial charge in [-0.25, -0.2) is 8.42 Å². The Balaban J connectivity index is 1.32. The zero-order chi connectivity index (χ0) is 26.0. The van der Waals surface area contributed by atoms with Gasteiger partial charge in [0.2, 0.25) is 10.0 Å². The van der Waals surface area contributed by atoms with Gasteiger partial charge >= 0.3 is 0 Å². The molecular weight excluding hydrogens is 490 g/mol. The Hall–Kier alpha value is -3.69. The van der Waals surface area contributed by atoms with E-state index in [1.165, 1.54) is 28.6 Å². The first kappa shape index (κ1) is 25.0. The fourth-order valence-corrected chi connectivity index (χ4v) is 6.08. The number of rotatable bonds is 6. The van der Waals surface area contributed by atoms with Crippen molar-refractivity contribution in [3.8, 4) is 5.75 Å². The average Bonchev–Trinajstić information content (AvgIpc) is 2.92. The molecule has 0 unspecified atom stereocenters. The van der Waals surface area contributed by atoms with Gasteiger partial charge in [0, 0.05) is 24.3 Å². The number of ether oxygens (including phenoxy) is 1. The summed E-state index contributed by atoms with van der Waals surface area (Å²) in [6, 6.07) is 19.1. The van der Waals surface area contributed by atoms with E-state index in [2.05, 4.69) is 5.32 Å². The molecule has 0 radical (unpaired) electrons. The molecule has 9 heteroatoms. The number of nitrogens with one attached hydrogen (secondary N) is 1. The highest BCUT2D eigenvalue weighted by Crippen LogP contribution is 2.35. The number of hydrogen-bond donors (Lipinski definition) is 1. The first-order chi connectivity index (χ1) is 17.8. The molecule has 0 spiro atoms. The van der Waals surface area contributed by atoms with Crippen molar-refractivity contribution in [2.24, 2.45) is 0 Å². The summed E-state index contributed by atoms with van der Waals surface area (Å²) in [6.45, 7) is 3.40. The molecule has 2 aliphatic rings. The maximum atomic E-state index is 12.9. The highest BCUT2D eigenvalue weighted by Gasteiger charge is 2.27. The first-order valence-electron chi connectivity index (χ1n) is 12.4. The number of piperidine rings is 1. The van der Waals surface area contributed by atoms with Gasteiger partial charge in [0.25, 0.3) is 11.8 Å². The topological polar surface area (TPSA) is 96.0 Å². The van der Waals surface area contributed by atoms with Crippen molar-refractivity contribution in [2.75, 3.05) is 29.9 Å². The second-order valence-electron chi connectivity index (χ2n) is 9.38. The highest BCUT2D eigenvalue weighted by atomic mass is 32.2. The predicted molar refractivity (Wildman–Crippen MR) is 141 cm³/mol. The van der Waals surface area contributed by atoms with E-state index in [-0.39, 0.29) is 23.3 Å². The van der Waals surface area contributed by atoms with Gasteiger partial charge in [-0.2, -0.15) is 4.31 Å². The van der Waals surface area contributed by atoms with Crippen LogP contribution in [0, 0.1) is 6.92 Å². The van der Waals surface area contributed by atoms with E-state index >= 15 is 0 Å². The molecule has 0 aromatic heterocycles. The van der Waals surface area contributed by atoms with Crippen molar-refractivity contribution < 1.29 is 22.7 Å². The molecule has 192 valence electrons. The second kappa shape index (κ2) is 10.4. The van der Waals surface area contributed by atoms with Gasteiger partial charge < -0.3 is 15.0 Å². The van der Waals surface area contributed by atoms with E-state index in [1.807, 2.05) is 31.2 Å². The standard InChI is InChI=1S/C28H29N3O5S/c1-20-5-7-21(8-6-20)18-31-25-17-23(11-14-26(25)36-19-27(31)32)29-28(33)22-9-12-24(13-10-22)37(34,35)30-15-3-2-4-16-30/h5-14,17H,2-4,15-16,18-19H2,1H3,(H,29,33). The first-order valence-corrected chi connectivity index (χ1v) is 13.8. The molecular formula is C28H29N3O5S. The van der Waals surface area contributed by atoms with Crippen LogP contribution in [0.2, 0.25) is 0 Å². The minimum absolute atomic E-state index is 0.0444. The van der Waals surface area contributed by atoms with Crippen LogP contribution >= 0.6 is 0 Å². The van der Waals surface area contributed by atoms with Crippen molar-refractivity contribution in [1.82, 2.24) is 4.31 Å². The van der Waals surface area contributed by atoms with Crippen LogP contribution in [0.15, 0.2) is 71.6 Å². The van der Waals surface area contributed by atoms with E-state index in [9.17, 15) is 18.0 Å². The van der Waals surface area contributed by atoms with Crippen LogP contribution in [0.4, 0.5) is 11.4 Å². The van der Waals surface area contributed by atoms with Gasteiger partial charge in [-0.15, -0.1) is 0 Å². The number of anilines is 2. The van der Waals surface area contributed by atoms with E-state index in [0.29, 0.717) is 42.3 Å². The number of nitrogens with zero attached hydrogens (tertiary/aromatic N) is 2. The van der Waals surface area contributed by atoms with Crippen molar-refractivity contribution in [1.29, 1.82) is 0 Å². The van der Waals surface area contributed by atoms with Crippen LogP contribution in [0.25, 0.3) is 0 Å². The lowest BCUT2D eigenvalue weighted by molar-refractivity contribution is -0.121. The Morgan fingerprint density at radius 1 is 0.946 bits per heavy atom. The maximum absolute atomic E-state index is 12.9. The lowest BCUT2D eigenvalue weighted by Crippen LogP contribution is -2.38. The molecule has 0 atom stereocenters. The van der Waals surface area contributed by atoms with E-state index < -0.39 is 10.0 Å². The summed E-state index contributed by atoms with van der Waals surface area (Å²) >= 11 is 0. The van der Waals surface area contributed by atoms with Crippen molar-refractivity contribution in [3.05, 3.63) is 83.4 Å². The van der Waals surface area contributed by atoms with Crippen LogP contribution in [0.1, 0.15) is 40.7 Å². The molecule has 1 fully saturated rings. The summed E-state index contributed by atoms with van der Waals surface area (Å²) in [6.07, 6.45) is 2.76. The molecule has 0 aliphatic carbocycles. The molecule has 5 rings (SSSR count). The number of amides is 2. The number of carbonyl (C=O) groups excluding carboxylic acids is 2. The summed E-state index contributed by atoms with van der Waals surface area (Å²) in [4.78, 5) is 27.4. The van der Waals surface area contributed by atoms with Crippen molar-refractivity contribution in [2.45, 2.75) is 37.6 Å². The van der Waals surface area contributed by atoms with Crippen molar-refractivity contribution >= 4 is 33.2 Å². The third kappa shape index (κ3) is 5.38. The quantitative estimate of drug-likeness (QED) is 0.523. The Morgan fingerprint density at radius 2 is 1.65 bits per heavy atom. The van der Waals surface area contributed by atoms with Crippen LogP contribution < -0.4 is 15.0 Å². The Morgan fingerprint density at radius 3 is 2.35 bits per heavy atom. The number of hydrogen-bond acceptors (Lipinski definition) is 5. The molecule has 8 nitrogen and oxygen atoms in total. The van der Waals surface area contributed by atoms with Gasteiger partial charge in [0.15, 0.2) is 6.61 Å². The molecule has 2 heterocycles. The summed E-state index contributed by atoms with van der Waals surface area (Å²) in [7, 11) is -3.56. The normalized spacial score (nSPS) is 16.1. The molecule has 37 heavy (non-hydrogen) atoms. The highest BCUT2D eigenvalue weighted by molar-refractivity contribution is 7.89. The van der Waals surface area contributed by atoms with E-state index in [4.69, 9.17) is 4.74 Å². The van der Waals surface area contributed by atoms with Gasteiger partial charge in [-0.1, -0.05) is 36.2 Å². The van der Waals surface area contributed by atoms with Crippen LogP contribution in [-0.4, -0.2) is 44.2 Å². The summed E-state index contributed by atoms with van der Waals surface area (Å²) in [5.41, 5.74) is 3.54. The SMILES string of the molecule is Cc1ccc(CN2C(=O)COc3ccc(NC(=O)c4ccc(S(=O)(=O)N5CCCCC5)cc4)cc32)cc1. The van der Waals surface area contributed by atoms with Crippen LogP contribution in [-0.2, 0) is 21.4 Å². The summed E-state index contributed by atoms with van der Waals surface area (Å²) in [5, 5.41) is 2.84. The zero-order valence-corrected chi connectivity index (χ0v) is 21.5. The van der Waals surface area contributed by atoms with Crippen LogP contribution in [0.5, 0.6) is 5.75 Å². The predicted octanol–water partition coefficient (Wildman–Crippen LogP) is 4.35. The van der Waals surface area contributed by atoms with E-state index in [0.717, 1.165) is 30.4 Å². The number of fused-ring (bicyclic) bond motifs is 1. The monoisotopic (exact) mass is 519 g/mol. The summed E-state index contributed by atoms with van der Waals surface area (Å²) < 4.78 is 32.9. The fraction of sp³-hybridized carbons (Fsp3) is 0.286. The molecule has 0 saturated carbocycles. The molecule has 2 aliphatic heterocycles. The van der Waals surface area contributed by atoms with Crippen LogP contribution in [0.3, 0.4) is 0 Å². The minimum Gasteiger partial charge on any atom is -0.482 e. The molecule has 1 saturated heterocycles. The molecule has 1 N–H and O–H groups in total. The largest absolute Gasteiger partial charge is 0.482 e. The number of aryl methyl sites for hydroxylation is 1. The molecule has 0 bridgehead atoms. The average molecular weight is 520 g/mol. The Kier molecular flexibility index (Phi) is 6.99. The molecule has 2 amide bonds. The van der Waals surface area contributed by atoms with Gasteiger partial charge in [-0.3, -0.25) is 9.59 Å². The third-order valence-electron chi connectivity index (χ3n) is 6.69.